The summed E-state index contributed by atoms with van der Waals surface area (Å²) in [7, 11) is 8.83. The molecule has 4 aromatic rings. The van der Waals surface area contributed by atoms with Crippen LogP contribution in [-0.2, 0) is 70.0 Å². The van der Waals surface area contributed by atoms with E-state index in [1.165, 1.54) is 22.7 Å². The molecule has 110 heavy (non-hydrogen) atoms. The quantitative estimate of drug-likeness (QED) is 0.0237. The van der Waals surface area contributed by atoms with Crippen molar-refractivity contribution in [2.45, 2.75) is 261 Å². The van der Waals surface area contributed by atoms with Crippen molar-refractivity contribution in [3.63, 3.8) is 0 Å². The second-order valence-electron chi connectivity index (χ2n) is 31.6. The zero-order chi connectivity index (χ0) is 81.3. The van der Waals surface area contributed by atoms with Gasteiger partial charge >= 0.3 is 11.9 Å². The molecule has 0 aliphatic carbocycles. The van der Waals surface area contributed by atoms with Crippen LogP contribution in [0, 0.1) is 61.2 Å². The van der Waals surface area contributed by atoms with Crippen LogP contribution < -0.4 is 10.6 Å². The smallest absolute Gasteiger partial charge is 0.308 e. The third-order valence-electron chi connectivity index (χ3n) is 22.2. The Morgan fingerprint density at radius 3 is 1.25 bits per heavy atom. The number of aromatic nitrogens is 2. The molecule has 2 aliphatic rings. The van der Waals surface area contributed by atoms with Crippen LogP contribution >= 0.6 is 22.7 Å². The van der Waals surface area contributed by atoms with E-state index in [9.17, 15) is 38.4 Å². The summed E-state index contributed by atoms with van der Waals surface area (Å²) in [4.78, 5) is 127. The molecule has 0 spiro atoms. The molecule has 24 heteroatoms. The number of hydrogen-bond acceptors (Lipinski definition) is 20. The summed E-state index contributed by atoms with van der Waals surface area (Å²) in [6.45, 7) is 33.0. The normalized spacial score (nSPS) is 18.2. The average Bonchev–Trinajstić information content (AvgIpc) is 1.22. The molecule has 0 bridgehead atoms. The lowest BCUT2D eigenvalue weighted by atomic mass is 9.82. The summed E-state index contributed by atoms with van der Waals surface area (Å²) in [5, 5.41) is 11.0. The van der Waals surface area contributed by atoms with Gasteiger partial charge in [0.2, 0.25) is 11.8 Å². The molecular weight excluding hydrogens is 1430 g/mol. The van der Waals surface area contributed by atoms with Gasteiger partial charge in [-0.25, -0.2) is 9.97 Å². The Kier molecular flexibility index (Phi) is 41.7. The summed E-state index contributed by atoms with van der Waals surface area (Å²) in [6, 6.07) is 14.8. The highest BCUT2D eigenvalue weighted by Gasteiger charge is 2.42. The fraction of sp³-hybridized carbons (Fsp3) is 0.698. The number of thiazole rings is 2. The number of esters is 2. The molecule has 0 saturated carbocycles. The van der Waals surface area contributed by atoms with Crippen LogP contribution in [0.25, 0.3) is 0 Å². The second-order valence-corrected chi connectivity index (χ2v) is 33.3. The fourth-order valence-corrected chi connectivity index (χ4v) is 16.8. The van der Waals surface area contributed by atoms with Crippen molar-refractivity contribution >= 4 is 69.8 Å². The van der Waals surface area contributed by atoms with Crippen LogP contribution in [0.1, 0.15) is 252 Å². The predicted octanol–water partition coefficient (Wildman–Crippen LogP) is 14.8. The van der Waals surface area contributed by atoms with E-state index in [0.29, 0.717) is 68.4 Å². The summed E-state index contributed by atoms with van der Waals surface area (Å²) < 4.78 is 34.3. The molecule has 4 amide bonds. The molecule has 14 atom stereocenters. The van der Waals surface area contributed by atoms with Gasteiger partial charge in [0.15, 0.2) is 11.6 Å². The number of Topliss-reactive ketones (excluding diaryl/α,β-unsaturated/α-hetero) is 2. The topological polar surface area (TPSA) is 255 Å². The Morgan fingerprint density at radius 2 is 0.918 bits per heavy atom. The van der Waals surface area contributed by atoms with Gasteiger partial charge in [0.05, 0.1) is 37.1 Å². The number of aryl methyl sites for hydroxylation is 2. The Balaban J connectivity index is 0.000000394. The Morgan fingerprint density at radius 1 is 0.536 bits per heavy atom. The van der Waals surface area contributed by atoms with Crippen molar-refractivity contribution in [2.24, 2.45) is 47.3 Å². The number of likely N-dealkylation sites (N-methyl/N-ethyl adjacent to an activating group) is 2. The first-order valence-electron chi connectivity index (χ1n) is 40.6. The fourth-order valence-electron chi connectivity index (χ4n) is 15.0. The van der Waals surface area contributed by atoms with Gasteiger partial charge in [-0.05, 0) is 147 Å². The van der Waals surface area contributed by atoms with Crippen LogP contribution in [-0.4, -0.2) is 195 Å². The lowest BCUT2D eigenvalue weighted by Crippen LogP contribution is -2.50. The zero-order valence-electron chi connectivity index (χ0n) is 70.2. The SMILES string of the molecule is CCCOCN(C(=O)[C@@H](CC(=O)[C@H]1CCCCN1C)[C@@H](C)CC)[C@H](C[C@@H](OC)c1nc(C(=O)N[C@@H](Cc2ccc(C)cc2)CC(C)C(=O)OCC)cs1)C(C)C.CCOC(=O)C(C)C[C@H](Cc1ccc(C)cc1)NC(=O)c1csc([C@@H](C[C@H](C(C)C)N(COC)C(=O)[C@@H](CC(=O)[C@H]2CCCCN2C)[C@@H](C)CC)OC)n1. The van der Waals surface area contributed by atoms with Gasteiger partial charge in [-0.3, -0.25) is 48.2 Å². The number of methoxy groups -OCH3 is 3. The molecule has 2 aromatic carbocycles. The van der Waals surface area contributed by atoms with Gasteiger partial charge in [-0.1, -0.05) is 162 Å². The molecule has 22 nitrogen and oxygen atoms in total. The van der Waals surface area contributed by atoms with E-state index in [2.05, 4.69) is 75.8 Å². The maximum Gasteiger partial charge on any atom is 0.308 e. The number of likely N-dealkylation sites (tertiary alicyclic amines) is 2. The van der Waals surface area contributed by atoms with Crippen molar-refractivity contribution in [1.29, 1.82) is 0 Å². The number of benzene rings is 2. The third kappa shape index (κ3) is 29.2. The molecule has 2 fully saturated rings. The largest absolute Gasteiger partial charge is 0.466 e. The monoisotopic (exact) mass is 1570 g/mol. The van der Waals surface area contributed by atoms with E-state index in [0.717, 1.165) is 93.1 Å². The van der Waals surface area contributed by atoms with Gasteiger partial charge in [-0.2, -0.15) is 0 Å². The van der Waals surface area contributed by atoms with Gasteiger partial charge in [0, 0.05) is 100 Å². The lowest BCUT2D eigenvalue weighted by Gasteiger charge is -2.39. The standard InChI is InChI=1S/C44H70N4O7S.C42H66N4O7S/c1-11-22-54-28-48(43(51)35(31(7)12-2)25-39(49)37-16-14-15-21-47(37)9)38(29(4)5)26-40(53-10)42-46-36(27-56-42)41(50)45-34(23-32(8)44(52)55-13-3)24-33-19-17-30(6)18-20-33;1-11-29(6)33(23-37(47)35-15-13-14-20-45(35)8)41(49)46(26-51-9)36(27(3)4)24-38(52-10)40-44-34(25-54-40)39(48)43-32(21-30(7)42(50)53-12-2)22-31-18-16-28(5)17-19-31/h17-20,27,29,31-32,34-35,37-38,40H,11-16,21-26,28H2,1-10H3,(H,45,50);16-19,25,27,29-30,32-33,35-36,38H,11-15,20-24,26H2,1-10H3,(H,43,48)/t31-,32?,34+,35-,37+,38+,40+;29-,30?,32+,33-,35+,36+,38+/m00/s1. The minimum atomic E-state index is -0.498. The third-order valence-corrected chi connectivity index (χ3v) is 24.1. The average molecular weight is 1570 g/mol. The Bertz CT molecular complexity index is 3440. The number of nitrogens with zero attached hydrogens (tertiary/aromatic N) is 6. The maximum atomic E-state index is 14.7. The van der Waals surface area contributed by atoms with Crippen LogP contribution in [0.15, 0.2) is 59.3 Å². The summed E-state index contributed by atoms with van der Waals surface area (Å²) >= 11 is 2.69. The second kappa shape index (κ2) is 48.6. The summed E-state index contributed by atoms with van der Waals surface area (Å²) in [6.07, 6.45) is 10.4. The molecule has 616 valence electrons. The summed E-state index contributed by atoms with van der Waals surface area (Å²) in [5.41, 5.74) is 4.93. The van der Waals surface area contributed by atoms with Crippen molar-refractivity contribution in [2.75, 3.05) is 81.8 Å². The maximum absolute atomic E-state index is 14.7. The van der Waals surface area contributed by atoms with Crippen molar-refractivity contribution in [3.05, 3.63) is 103 Å². The molecule has 0 radical (unpaired) electrons. The lowest BCUT2D eigenvalue weighted by molar-refractivity contribution is -0.151. The summed E-state index contributed by atoms with van der Waals surface area (Å²) in [5.74, 6) is -2.77. The van der Waals surface area contributed by atoms with Gasteiger partial charge in [0.1, 0.15) is 47.1 Å². The molecule has 2 N–H and O–H groups in total. The molecule has 2 saturated heterocycles. The minimum Gasteiger partial charge on any atom is -0.466 e. The van der Waals surface area contributed by atoms with Gasteiger partial charge in [-0.15, -0.1) is 22.7 Å². The van der Waals surface area contributed by atoms with E-state index >= 15 is 0 Å². The van der Waals surface area contributed by atoms with E-state index < -0.39 is 35.9 Å². The number of nitrogens with one attached hydrogen (secondary N) is 2. The molecule has 2 aliphatic heterocycles. The highest BCUT2D eigenvalue weighted by molar-refractivity contribution is 7.10. The number of ketones is 2. The van der Waals surface area contributed by atoms with Crippen LogP contribution in [0.5, 0.6) is 0 Å². The first kappa shape index (κ1) is 94.2. The van der Waals surface area contributed by atoms with Crippen molar-refractivity contribution in [1.82, 2.24) is 40.2 Å². The van der Waals surface area contributed by atoms with E-state index in [4.69, 9.17) is 38.4 Å². The highest BCUT2D eigenvalue weighted by atomic mass is 32.1. The number of carbonyl (C=O) groups excluding carboxylic acids is 8. The van der Waals surface area contributed by atoms with Crippen molar-refractivity contribution in [3.8, 4) is 0 Å². The van der Waals surface area contributed by atoms with E-state index in [1.54, 1.807) is 50.8 Å². The zero-order valence-corrected chi connectivity index (χ0v) is 71.8. The number of carbonyl (C=O) groups is 8. The van der Waals surface area contributed by atoms with Crippen LogP contribution in [0.3, 0.4) is 0 Å². The van der Waals surface area contributed by atoms with E-state index in [-0.39, 0.29) is 145 Å². The molecule has 6 rings (SSSR count). The Labute approximate surface area is 666 Å². The Hall–Kier alpha value is -6.38. The minimum absolute atomic E-state index is 0.00945. The van der Waals surface area contributed by atoms with Crippen LogP contribution in [0.4, 0.5) is 0 Å². The van der Waals surface area contributed by atoms with Crippen LogP contribution in [0.2, 0.25) is 0 Å². The molecule has 4 heterocycles. The van der Waals surface area contributed by atoms with Crippen molar-refractivity contribution < 1.29 is 66.8 Å². The van der Waals surface area contributed by atoms with Gasteiger partial charge < -0.3 is 48.9 Å². The molecule has 2 unspecified atom stereocenters. The first-order chi connectivity index (χ1) is 52.5. The molecular formula is C86H136N8O14S2. The highest BCUT2D eigenvalue weighted by Crippen LogP contribution is 2.36. The predicted molar refractivity (Wildman–Crippen MR) is 436 cm³/mol. The number of amides is 4. The van der Waals surface area contributed by atoms with Gasteiger partial charge in [0.25, 0.3) is 11.8 Å². The number of ether oxygens (including phenoxy) is 6. The number of piperidine rings is 2. The first-order valence-corrected chi connectivity index (χ1v) is 42.4. The number of rotatable bonds is 46. The molecule has 2 aromatic heterocycles. The number of hydrogen-bond donors (Lipinski definition) is 2. The van der Waals surface area contributed by atoms with E-state index in [1.807, 2.05) is 102 Å².